The van der Waals surface area contributed by atoms with Gasteiger partial charge in [0.25, 0.3) is 0 Å². The quantitative estimate of drug-likeness (QED) is 0.767. The van der Waals surface area contributed by atoms with E-state index >= 15 is 0 Å². The van der Waals surface area contributed by atoms with Gasteiger partial charge in [0, 0.05) is 23.9 Å². The van der Waals surface area contributed by atoms with Gasteiger partial charge in [-0.15, -0.1) is 0 Å². The van der Waals surface area contributed by atoms with Gasteiger partial charge in [0.05, 0.1) is 0 Å². The summed E-state index contributed by atoms with van der Waals surface area (Å²) in [4.78, 5) is 15.4. The van der Waals surface area contributed by atoms with E-state index in [1.807, 2.05) is 32.0 Å². The molecule has 17 heavy (non-hydrogen) atoms. The van der Waals surface area contributed by atoms with Crippen LogP contribution in [0.25, 0.3) is 0 Å². The number of carboxylic acids is 1. The number of allylic oxidation sites excluding steroid dienone is 1. The summed E-state index contributed by atoms with van der Waals surface area (Å²) in [6, 6.07) is 5.72. The number of aliphatic carboxylic acids is 1. The van der Waals surface area contributed by atoms with Crippen molar-refractivity contribution in [2.24, 2.45) is 0 Å². The molecule has 3 heteroatoms. The van der Waals surface area contributed by atoms with Crippen molar-refractivity contribution in [3.8, 4) is 0 Å². The molecule has 0 saturated carbocycles. The van der Waals surface area contributed by atoms with Gasteiger partial charge in [-0.25, -0.2) is 4.79 Å². The predicted octanol–water partition coefficient (Wildman–Crippen LogP) is 3.22. The van der Waals surface area contributed by atoms with Gasteiger partial charge in [0.1, 0.15) is 0 Å². The molecular formula is C14H19NO2. The number of aromatic nitrogens is 1. The fourth-order valence-electron chi connectivity index (χ4n) is 1.85. The van der Waals surface area contributed by atoms with Crippen molar-refractivity contribution in [1.29, 1.82) is 0 Å². The molecule has 0 aliphatic rings. The Kier molecular flexibility index (Phi) is 5.40. The van der Waals surface area contributed by atoms with Crippen molar-refractivity contribution >= 4 is 5.97 Å². The predicted molar refractivity (Wildman–Crippen MR) is 67.8 cm³/mol. The molecule has 0 amide bonds. The molecule has 0 aromatic carbocycles. The highest BCUT2D eigenvalue weighted by Crippen LogP contribution is 2.18. The normalized spacial score (nSPS) is 12.1. The molecule has 1 aromatic heterocycles. The maximum absolute atomic E-state index is 11.2. The van der Waals surface area contributed by atoms with Gasteiger partial charge >= 0.3 is 5.97 Å². The molecular weight excluding hydrogens is 214 g/mol. The Bertz CT molecular complexity index is 396. The highest BCUT2D eigenvalue weighted by atomic mass is 16.4. The molecule has 0 radical (unpaired) electrons. The fraction of sp³-hybridized carbons (Fsp3) is 0.429. The van der Waals surface area contributed by atoms with Crippen LogP contribution in [0.15, 0.2) is 35.5 Å². The molecule has 0 unspecified atom stereocenters. The standard InChI is InChI=1S/C14H19NO2/c1-3-7-13(14(16)17)11(4-2)10-12-8-5-6-9-15-12/h5-6,8-9H,3-4,7,10H2,1-2H3,(H,16,17). The zero-order chi connectivity index (χ0) is 12.7. The molecule has 1 aromatic rings. The Morgan fingerprint density at radius 1 is 1.35 bits per heavy atom. The molecule has 1 heterocycles. The van der Waals surface area contributed by atoms with Crippen molar-refractivity contribution in [2.45, 2.75) is 39.5 Å². The van der Waals surface area contributed by atoms with Gasteiger partial charge in [-0.05, 0) is 25.0 Å². The van der Waals surface area contributed by atoms with Crippen LogP contribution in [0.4, 0.5) is 0 Å². The Hall–Kier alpha value is -1.64. The second-order valence-corrected chi connectivity index (χ2v) is 3.99. The van der Waals surface area contributed by atoms with Crippen LogP contribution in [-0.2, 0) is 11.2 Å². The third-order valence-corrected chi connectivity index (χ3v) is 2.73. The van der Waals surface area contributed by atoms with Gasteiger partial charge < -0.3 is 5.11 Å². The van der Waals surface area contributed by atoms with E-state index in [1.54, 1.807) is 6.20 Å². The van der Waals surface area contributed by atoms with Crippen LogP contribution >= 0.6 is 0 Å². The van der Waals surface area contributed by atoms with Crippen molar-refractivity contribution in [3.05, 3.63) is 41.2 Å². The lowest BCUT2D eigenvalue weighted by Gasteiger charge is -2.10. The second-order valence-electron chi connectivity index (χ2n) is 3.99. The van der Waals surface area contributed by atoms with Gasteiger partial charge in [0.15, 0.2) is 0 Å². The number of hydrogen-bond acceptors (Lipinski definition) is 2. The lowest BCUT2D eigenvalue weighted by Crippen LogP contribution is -2.07. The van der Waals surface area contributed by atoms with Crippen LogP contribution < -0.4 is 0 Å². The van der Waals surface area contributed by atoms with Crippen molar-refractivity contribution in [2.75, 3.05) is 0 Å². The number of nitrogens with zero attached hydrogens (tertiary/aromatic N) is 1. The van der Waals surface area contributed by atoms with Crippen LogP contribution in [0.1, 0.15) is 38.8 Å². The zero-order valence-electron chi connectivity index (χ0n) is 10.4. The van der Waals surface area contributed by atoms with E-state index in [0.717, 1.165) is 24.1 Å². The highest BCUT2D eigenvalue weighted by Gasteiger charge is 2.12. The molecule has 0 fully saturated rings. The number of hydrogen-bond donors (Lipinski definition) is 1. The molecule has 1 rings (SSSR count). The summed E-state index contributed by atoms with van der Waals surface area (Å²) in [5.74, 6) is -0.792. The Balaban J connectivity index is 2.95. The summed E-state index contributed by atoms with van der Waals surface area (Å²) in [5, 5.41) is 9.21. The Morgan fingerprint density at radius 3 is 2.59 bits per heavy atom. The molecule has 0 spiro atoms. The molecule has 0 aliphatic heterocycles. The first kappa shape index (κ1) is 13.4. The van der Waals surface area contributed by atoms with Gasteiger partial charge in [0.2, 0.25) is 0 Å². The minimum atomic E-state index is -0.792. The summed E-state index contributed by atoms with van der Waals surface area (Å²) >= 11 is 0. The number of carbonyl (C=O) groups is 1. The molecule has 0 atom stereocenters. The molecule has 92 valence electrons. The zero-order valence-corrected chi connectivity index (χ0v) is 10.4. The lowest BCUT2D eigenvalue weighted by atomic mass is 9.97. The van der Waals surface area contributed by atoms with Crippen LogP contribution in [0.3, 0.4) is 0 Å². The van der Waals surface area contributed by atoms with Crippen LogP contribution in [-0.4, -0.2) is 16.1 Å². The van der Waals surface area contributed by atoms with E-state index < -0.39 is 5.97 Å². The third-order valence-electron chi connectivity index (χ3n) is 2.73. The second kappa shape index (κ2) is 6.84. The largest absolute Gasteiger partial charge is 0.478 e. The van der Waals surface area contributed by atoms with E-state index in [4.69, 9.17) is 0 Å². The first-order valence-electron chi connectivity index (χ1n) is 6.03. The Labute approximate surface area is 102 Å². The fourth-order valence-corrected chi connectivity index (χ4v) is 1.85. The average Bonchev–Trinajstić information content (AvgIpc) is 2.34. The van der Waals surface area contributed by atoms with Crippen molar-refractivity contribution < 1.29 is 9.90 Å². The van der Waals surface area contributed by atoms with E-state index in [0.29, 0.717) is 18.4 Å². The van der Waals surface area contributed by atoms with Crippen LogP contribution in [0.2, 0.25) is 0 Å². The van der Waals surface area contributed by atoms with Crippen LogP contribution in [0, 0.1) is 0 Å². The van der Waals surface area contributed by atoms with Crippen molar-refractivity contribution in [1.82, 2.24) is 4.98 Å². The summed E-state index contributed by atoms with van der Waals surface area (Å²) in [7, 11) is 0. The summed E-state index contributed by atoms with van der Waals surface area (Å²) in [6.45, 7) is 3.99. The van der Waals surface area contributed by atoms with E-state index in [-0.39, 0.29) is 0 Å². The van der Waals surface area contributed by atoms with E-state index in [9.17, 15) is 9.90 Å². The van der Waals surface area contributed by atoms with E-state index in [2.05, 4.69) is 4.98 Å². The molecule has 0 bridgehead atoms. The monoisotopic (exact) mass is 233 g/mol. The third kappa shape index (κ3) is 4.02. The van der Waals surface area contributed by atoms with Crippen molar-refractivity contribution in [3.63, 3.8) is 0 Å². The smallest absolute Gasteiger partial charge is 0.331 e. The minimum absolute atomic E-state index is 0.556. The molecule has 1 N–H and O–H groups in total. The maximum atomic E-state index is 11.2. The first-order chi connectivity index (χ1) is 8.19. The van der Waals surface area contributed by atoms with E-state index in [1.165, 1.54) is 0 Å². The topological polar surface area (TPSA) is 50.2 Å². The first-order valence-corrected chi connectivity index (χ1v) is 6.03. The number of rotatable bonds is 6. The average molecular weight is 233 g/mol. The van der Waals surface area contributed by atoms with Crippen LogP contribution in [0.5, 0.6) is 0 Å². The lowest BCUT2D eigenvalue weighted by molar-refractivity contribution is -0.132. The number of pyridine rings is 1. The highest BCUT2D eigenvalue weighted by molar-refractivity contribution is 5.87. The van der Waals surface area contributed by atoms with Gasteiger partial charge in [-0.3, -0.25) is 4.98 Å². The SMILES string of the molecule is CCCC(C(=O)O)=C(CC)Cc1ccccn1. The summed E-state index contributed by atoms with van der Waals surface area (Å²) in [6.07, 6.45) is 4.62. The minimum Gasteiger partial charge on any atom is -0.478 e. The molecule has 0 saturated heterocycles. The Morgan fingerprint density at radius 2 is 2.12 bits per heavy atom. The molecule has 3 nitrogen and oxygen atoms in total. The van der Waals surface area contributed by atoms with Gasteiger partial charge in [-0.2, -0.15) is 0 Å². The summed E-state index contributed by atoms with van der Waals surface area (Å²) in [5.41, 5.74) is 2.47. The summed E-state index contributed by atoms with van der Waals surface area (Å²) < 4.78 is 0. The maximum Gasteiger partial charge on any atom is 0.331 e. The number of carboxylic acid groups (broad SMARTS) is 1. The molecule has 0 aliphatic carbocycles. The van der Waals surface area contributed by atoms with Gasteiger partial charge in [-0.1, -0.05) is 31.9 Å².